The fourth-order valence-electron chi connectivity index (χ4n) is 4.89. The number of anilines is 1. The summed E-state index contributed by atoms with van der Waals surface area (Å²) < 4.78 is 32.2. The van der Waals surface area contributed by atoms with Crippen molar-refractivity contribution in [2.45, 2.75) is 70.9 Å². The summed E-state index contributed by atoms with van der Waals surface area (Å²) in [5, 5.41) is 3.11. The van der Waals surface area contributed by atoms with E-state index in [0.29, 0.717) is 37.4 Å². The summed E-state index contributed by atoms with van der Waals surface area (Å²) in [6.45, 7) is 4.56. The molecular formula is C29H41N3O5S. The van der Waals surface area contributed by atoms with Crippen LogP contribution < -0.4 is 14.4 Å². The predicted octanol–water partition coefficient (Wildman–Crippen LogP) is 4.15. The molecule has 0 bridgehead atoms. The van der Waals surface area contributed by atoms with Gasteiger partial charge in [0.15, 0.2) is 0 Å². The summed E-state index contributed by atoms with van der Waals surface area (Å²) in [6.07, 6.45) is 6.38. The minimum absolute atomic E-state index is 0.124. The summed E-state index contributed by atoms with van der Waals surface area (Å²) in [7, 11) is -3.60. The van der Waals surface area contributed by atoms with Gasteiger partial charge in [-0.05, 0) is 57.2 Å². The summed E-state index contributed by atoms with van der Waals surface area (Å²) in [5.74, 6) is 0.178. The highest BCUT2D eigenvalue weighted by molar-refractivity contribution is 7.92. The van der Waals surface area contributed by atoms with E-state index >= 15 is 0 Å². The molecule has 9 heteroatoms. The lowest BCUT2D eigenvalue weighted by molar-refractivity contribution is -0.140. The van der Waals surface area contributed by atoms with Gasteiger partial charge in [0.05, 0.1) is 18.6 Å². The molecule has 1 aliphatic rings. The van der Waals surface area contributed by atoms with Crippen LogP contribution in [0.15, 0.2) is 54.6 Å². The zero-order valence-corrected chi connectivity index (χ0v) is 23.6. The van der Waals surface area contributed by atoms with Crippen LogP contribution in [0.4, 0.5) is 5.69 Å². The van der Waals surface area contributed by atoms with Crippen molar-refractivity contribution in [1.29, 1.82) is 0 Å². The van der Waals surface area contributed by atoms with E-state index in [4.69, 9.17) is 4.74 Å². The molecule has 1 saturated carbocycles. The number of ether oxygens (including phenoxy) is 1. The Bertz CT molecular complexity index is 1150. The predicted molar refractivity (Wildman–Crippen MR) is 151 cm³/mol. The Morgan fingerprint density at radius 1 is 1.03 bits per heavy atom. The van der Waals surface area contributed by atoms with Crippen molar-refractivity contribution in [3.05, 3.63) is 60.2 Å². The first-order valence-corrected chi connectivity index (χ1v) is 15.4. The summed E-state index contributed by atoms with van der Waals surface area (Å²) >= 11 is 0. The molecule has 2 aromatic carbocycles. The molecule has 0 radical (unpaired) electrons. The first-order chi connectivity index (χ1) is 18.2. The van der Waals surface area contributed by atoms with Crippen LogP contribution in [0.5, 0.6) is 5.75 Å². The third kappa shape index (κ3) is 8.48. The monoisotopic (exact) mass is 543 g/mol. The fraction of sp³-hybridized carbons (Fsp3) is 0.517. The highest BCUT2D eigenvalue weighted by atomic mass is 32.2. The Morgan fingerprint density at radius 3 is 2.34 bits per heavy atom. The number of carbonyl (C=O) groups is 2. The van der Waals surface area contributed by atoms with Crippen LogP contribution >= 0.6 is 0 Å². The minimum Gasteiger partial charge on any atom is -0.492 e. The SMILES string of the molecule is CCOc1ccccc1N(CCCC(=O)N(CCc1ccccc1)C(C)C(=O)NC1CCCC1)S(C)(=O)=O. The molecule has 8 nitrogen and oxygen atoms in total. The van der Waals surface area contributed by atoms with E-state index in [1.54, 1.807) is 36.1 Å². The van der Waals surface area contributed by atoms with E-state index in [-0.39, 0.29) is 30.8 Å². The molecule has 2 aromatic rings. The second kappa shape index (κ2) is 14.2. The highest BCUT2D eigenvalue weighted by Gasteiger charge is 2.28. The third-order valence-corrected chi connectivity index (χ3v) is 8.12. The third-order valence-electron chi connectivity index (χ3n) is 6.94. The van der Waals surface area contributed by atoms with Crippen molar-refractivity contribution in [1.82, 2.24) is 10.2 Å². The quantitative estimate of drug-likeness (QED) is 0.386. The molecule has 2 amide bonds. The van der Waals surface area contributed by atoms with Crippen molar-refractivity contribution in [2.24, 2.45) is 0 Å². The molecule has 0 aliphatic heterocycles. The number of nitrogens with zero attached hydrogens (tertiary/aromatic N) is 2. The topological polar surface area (TPSA) is 96.0 Å². The number of hydrogen-bond donors (Lipinski definition) is 1. The lowest BCUT2D eigenvalue weighted by Crippen LogP contribution is -2.50. The molecular weight excluding hydrogens is 502 g/mol. The molecule has 0 spiro atoms. The summed E-state index contributed by atoms with van der Waals surface area (Å²) in [5.41, 5.74) is 1.54. The normalized spacial score (nSPS) is 14.6. The second-order valence-corrected chi connectivity index (χ2v) is 11.7. The van der Waals surface area contributed by atoms with E-state index in [1.165, 1.54) is 4.31 Å². The Kier molecular flexibility index (Phi) is 11.0. The van der Waals surface area contributed by atoms with Crippen molar-refractivity contribution in [3.8, 4) is 5.75 Å². The van der Waals surface area contributed by atoms with Gasteiger partial charge >= 0.3 is 0 Å². The van der Waals surface area contributed by atoms with E-state index in [2.05, 4.69) is 5.32 Å². The standard InChI is InChI=1S/C29H41N3O5S/c1-4-37-27-18-11-10-17-26(27)32(38(3,35)36)21-12-19-28(33)31(22-20-24-13-6-5-7-14-24)23(2)29(34)30-25-15-8-9-16-25/h5-7,10-11,13-14,17-18,23,25H,4,8-9,12,15-16,19-22H2,1-3H3,(H,30,34). The van der Waals surface area contributed by atoms with Crippen LogP contribution in [-0.4, -0.2) is 63.2 Å². The number of rotatable bonds is 14. The van der Waals surface area contributed by atoms with Crippen LogP contribution in [0.1, 0.15) is 57.9 Å². The number of sulfonamides is 1. The van der Waals surface area contributed by atoms with Gasteiger partial charge < -0.3 is 15.0 Å². The van der Waals surface area contributed by atoms with Gasteiger partial charge in [0.25, 0.3) is 0 Å². The summed E-state index contributed by atoms with van der Waals surface area (Å²) in [6, 6.07) is 16.4. The van der Waals surface area contributed by atoms with Gasteiger partial charge in [0, 0.05) is 25.6 Å². The second-order valence-electron chi connectivity index (χ2n) is 9.83. The number of carbonyl (C=O) groups excluding carboxylic acids is 2. The van der Waals surface area contributed by atoms with Crippen molar-refractivity contribution in [2.75, 3.05) is 30.3 Å². The van der Waals surface area contributed by atoms with E-state index in [1.807, 2.05) is 37.3 Å². The van der Waals surface area contributed by atoms with E-state index in [9.17, 15) is 18.0 Å². The zero-order chi connectivity index (χ0) is 27.5. The largest absolute Gasteiger partial charge is 0.492 e. The minimum atomic E-state index is -3.60. The van der Waals surface area contributed by atoms with Gasteiger partial charge in [0.1, 0.15) is 11.8 Å². The van der Waals surface area contributed by atoms with Crippen LogP contribution in [-0.2, 0) is 26.0 Å². The van der Waals surface area contributed by atoms with Gasteiger partial charge in [-0.15, -0.1) is 0 Å². The Morgan fingerprint density at radius 2 is 1.68 bits per heavy atom. The molecule has 0 saturated heterocycles. The molecule has 0 heterocycles. The van der Waals surface area contributed by atoms with Crippen molar-refractivity contribution < 1.29 is 22.7 Å². The average molecular weight is 544 g/mol. The van der Waals surface area contributed by atoms with E-state index in [0.717, 1.165) is 37.5 Å². The molecule has 1 atom stereocenters. The van der Waals surface area contributed by atoms with Crippen LogP contribution in [0.3, 0.4) is 0 Å². The fourth-order valence-corrected chi connectivity index (χ4v) is 5.85. The number of amides is 2. The van der Waals surface area contributed by atoms with E-state index < -0.39 is 16.1 Å². The number of benzene rings is 2. The number of para-hydroxylation sites is 2. The van der Waals surface area contributed by atoms with Gasteiger partial charge in [-0.3, -0.25) is 13.9 Å². The maximum absolute atomic E-state index is 13.4. The molecule has 208 valence electrons. The van der Waals surface area contributed by atoms with Crippen LogP contribution in [0, 0.1) is 0 Å². The van der Waals surface area contributed by atoms with Crippen molar-refractivity contribution >= 4 is 27.5 Å². The van der Waals surface area contributed by atoms with Gasteiger partial charge in [-0.25, -0.2) is 8.42 Å². The molecule has 1 fully saturated rings. The lowest BCUT2D eigenvalue weighted by Gasteiger charge is -2.30. The first kappa shape index (κ1) is 29.5. The highest BCUT2D eigenvalue weighted by Crippen LogP contribution is 2.30. The number of hydrogen-bond acceptors (Lipinski definition) is 5. The van der Waals surface area contributed by atoms with Gasteiger partial charge in [0.2, 0.25) is 21.8 Å². The average Bonchev–Trinajstić information content (AvgIpc) is 3.40. The Hall–Kier alpha value is -3.07. The maximum atomic E-state index is 13.4. The maximum Gasteiger partial charge on any atom is 0.242 e. The van der Waals surface area contributed by atoms with Gasteiger partial charge in [-0.1, -0.05) is 55.3 Å². The Labute approximate surface area is 227 Å². The molecule has 38 heavy (non-hydrogen) atoms. The van der Waals surface area contributed by atoms with Crippen LogP contribution in [0.25, 0.3) is 0 Å². The summed E-state index contributed by atoms with van der Waals surface area (Å²) in [4.78, 5) is 28.1. The molecule has 1 N–H and O–H groups in total. The smallest absolute Gasteiger partial charge is 0.242 e. The van der Waals surface area contributed by atoms with Crippen LogP contribution in [0.2, 0.25) is 0 Å². The number of nitrogens with one attached hydrogen (secondary N) is 1. The lowest BCUT2D eigenvalue weighted by atomic mass is 10.1. The molecule has 1 unspecified atom stereocenters. The Balaban J connectivity index is 1.69. The van der Waals surface area contributed by atoms with Crippen molar-refractivity contribution in [3.63, 3.8) is 0 Å². The molecule has 3 rings (SSSR count). The van der Waals surface area contributed by atoms with Gasteiger partial charge in [-0.2, -0.15) is 0 Å². The zero-order valence-electron chi connectivity index (χ0n) is 22.8. The molecule has 0 aromatic heterocycles. The first-order valence-electron chi connectivity index (χ1n) is 13.5. The molecule has 1 aliphatic carbocycles.